The van der Waals surface area contributed by atoms with Gasteiger partial charge in [0, 0.05) is 6.61 Å². The van der Waals surface area contributed by atoms with E-state index in [2.05, 4.69) is 66.5 Å². The number of phenolic OH excluding ortho intramolecular Hbond substituents is 1. The van der Waals surface area contributed by atoms with Crippen molar-refractivity contribution < 1.29 is 10.2 Å². The number of aliphatic hydroxyl groups excluding tert-OH is 1. The van der Waals surface area contributed by atoms with Crippen molar-refractivity contribution in [3.8, 4) is 5.75 Å². The van der Waals surface area contributed by atoms with Crippen molar-refractivity contribution in [2.45, 2.75) is 38.8 Å². The number of aliphatic hydroxyl groups is 1. The summed E-state index contributed by atoms with van der Waals surface area (Å²) in [5.74, 6) is 0.268. The van der Waals surface area contributed by atoms with Crippen LogP contribution in [0.2, 0.25) is 13.1 Å². The minimum absolute atomic E-state index is 0.161. The van der Waals surface area contributed by atoms with Gasteiger partial charge in [0.2, 0.25) is 0 Å². The second-order valence-corrected chi connectivity index (χ2v) is 14.7. The van der Waals surface area contributed by atoms with Crippen molar-refractivity contribution >= 4 is 24.4 Å². The largest absolute Gasteiger partial charge is 0.508 e. The third-order valence-corrected chi connectivity index (χ3v) is 10.1. The molecule has 34 heavy (non-hydrogen) atoms. The van der Waals surface area contributed by atoms with Gasteiger partial charge in [-0.2, -0.15) is 0 Å². The molecule has 3 nitrogen and oxygen atoms in total. The molecular weight excluding hydrogens is 434 g/mol. The summed E-state index contributed by atoms with van der Waals surface area (Å²) in [7, 11) is -1.56. The van der Waals surface area contributed by atoms with E-state index in [1.807, 2.05) is 18.2 Å². The van der Waals surface area contributed by atoms with Gasteiger partial charge < -0.3 is 15.1 Å². The Balaban J connectivity index is 1.77. The number of hydrogen-bond donors (Lipinski definition) is 2. The molecule has 0 aromatic heterocycles. The van der Waals surface area contributed by atoms with E-state index in [-0.39, 0.29) is 12.4 Å². The van der Waals surface area contributed by atoms with Crippen molar-refractivity contribution in [2.24, 2.45) is 0 Å². The summed E-state index contributed by atoms with van der Waals surface area (Å²) in [6, 6.07) is 27.2. The van der Waals surface area contributed by atoms with E-state index < -0.39 is 8.07 Å². The highest BCUT2D eigenvalue weighted by atomic mass is 28.3. The van der Waals surface area contributed by atoms with Crippen LogP contribution in [0.25, 0.3) is 11.1 Å². The second kappa shape index (κ2) is 11.2. The van der Waals surface area contributed by atoms with Gasteiger partial charge >= 0.3 is 0 Å². The maximum Gasteiger partial charge on any atom is 0.115 e. The Labute approximate surface area is 205 Å². The lowest BCUT2D eigenvalue weighted by molar-refractivity contribution is 0.290. The highest BCUT2D eigenvalue weighted by Gasteiger charge is 2.28. The van der Waals surface area contributed by atoms with Crippen LogP contribution in [0.3, 0.4) is 0 Å². The number of benzene rings is 3. The molecule has 2 N–H and O–H groups in total. The molecule has 3 aromatic rings. The quantitative estimate of drug-likeness (QED) is 0.312. The van der Waals surface area contributed by atoms with Crippen LogP contribution in [0.4, 0.5) is 0 Å². The maximum absolute atomic E-state index is 9.90. The fourth-order valence-corrected chi connectivity index (χ4v) is 7.82. The monoisotopic (exact) mass is 471 g/mol. The first-order valence-corrected chi connectivity index (χ1v) is 15.7. The Morgan fingerprint density at radius 3 is 1.97 bits per heavy atom. The molecular formula is C30H37NO2Si. The van der Waals surface area contributed by atoms with Crippen LogP contribution in [-0.4, -0.2) is 49.1 Å². The number of aromatic hydroxyl groups is 1. The molecule has 3 aromatic carbocycles. The number of rotatable bonds is 9. The topological polar surface area (TPSA) is 43.7 Å². The lowest BCUT2D eigenvalue weighted by Crippen LogP contribution is -2.51. The molecule has 0 radical (unpaired) electrons. The molecule has 0 spiro atoms. The zero-order chi connectivity index (χ0) is 24.0. The third kappa shape index (κ3) is 5.87. The molecule has 4 heteroatoms. The van der Waals surface area contributed by atoms with Gasteiger partial charge in [-0.3, -0.25) is 0 Å². The predicted octanol–water partition coefficient (Wildman–Crippen LogP) is 5.67. The minimum Gasteiger partial charge on any atom is -0.508 e. The van der Waals surface area contributed by atoms with E-state index in [0.29, 0.717) is 6.42 Å². The minimum atomic E-state index is -1.56. The van der Waals surface area contributed by atoms with Crippen LogP contribution < -0.4 is 5.19 Å². The molecule has 0 amide bonds. The van der Waals surface area contributed by atoms with Gasteiger partial charge in [0.1, 0.15) is 5.75 Å². The van der Waals surface area contributed by atoms with E-state index in [1.165, 1.54) is 59.6 Å². The molecule has 0 atom stereocenters. The van der Waals surface area contributed by atoms with E-state index >= 15 is 0 Å². The fourth-order valence-electron chi connectivity index (χ4n) is 5.13. The van der Waals surface area contributed by atoms with Gasteiger partial charge in [0.15, 0.2) is 0 Å². The zero-order valence-electron chi connectivity index (χ0n) is 20.5. The first-order valence-electron chi connectivity index (χ1n) is 12.5. The van der Waals surface area contributed by atoms with Crippen molar-refractivity contribution in [3.05, 3.63) is 95.6 Å². The summed E-state index contributed by atoms with van der Waals surface area (Å²) in [4.78, 5) is 2.64. The van der Waals surface area contributed by atoms with Crippen LogP contribution >= 0.6 is 0 Å². The number of hydrogen-bond acceptors (Lipinski definition) is 3. The van der Waals surface area contributed by atoms with E-state index in [0.717, 1.165) is 12.0 Å². The summed E-state index contributed by atoms with van der Waals surface area (Å²) in [5.41, 5.74) is 5.83. The van der Waals surface area contributed by atoms with Crippen LogP contribution in [-0.2, 0) is 0 Å². The summed E-state index contributed by atoms with van der Waals surface area (Å²) in [6.45, 7) is 7.61. The molecule has 1 fully saturated rings. The molecule has 178 valence electrons. The normalized spacial score (nSPS) is 15.4. The smallest absolute Gasteiger partial charge is 0.115 e. The lowest BCUT2D eigenvalue weighted by Gasteiger charge is -2.29. The van der Waals surface area contributed by atoms with Gasteiger partial charge in [-0.1, -0.05) is 85.0 Å². The Hall–Kier alpha value is -2.66. The van der Waals surface area contributed by atoms with E-state index in [4.69, 9.17) is 0 Å². The first-order chi connectivity index (χ1) is 16.5. The number of likely N-dealkylation sites (tertiary alicyclic amines) is 1. The van der Waals surface area contributed by atoms with Crippen LogP contribution in [0.15, 0.2) is 78.9 Å². The summed E-state index contributed by atoms with van der Waals surface area (Å²) in [6.07, 6.45) is 5.38. The Bertz CT molecular complexity index is 1080. The van der Waals surface area contributed by atoms with Gasteiger partial charge in [-0.05, 0) is 84.9 Å². The van der Waals surface area contributed by atoms with Gasteiger partial charge in [-0.15, -0.1) is 0 Å². The average molecular weight is 472 g/mol. The zero-order valence-corrected chi connectivity index (χ0v) is 21.5. The standard InChI is InChI=1S/C30H37NO2Si/c1-34(2,23-31-20-6-7-21-31)28-18-14-26(15-19-28)30(25-12-16-27(33)17-13-25)29(11-8-22-32)24-9-4-3-5-10-24/h3-5,9-10,12-19,32-33H,6-8,11,20-23H2,1-2H3/b30-29-. The molecule has 1 heterocycles. The van der Waals surface area contributed by atoms with Crippen LogP contribution in [0, 0.1) is 0 Å². The highest BCUT2D eigenvalue weighted by molar-refractivity contribution is 6.90. The van der Waals surface area contributed by atoms with Gasteiger partial charge in [0.25, 0.3) is 0 Å². The molecule has 4 rings (SSSR count). The summed E-state index contributed by atoms with van der Waals surface area (Å²) in [5, 5.41) is 21.0. The SMILES string of the molecule is C[Si](C)(CN1CCCC1)c1ccc(/C(=C(/CCCO)c2ccccc2)c2ccc(O)cc2)cc1. The fraction of sp³-hybridized carbons (Fsp3) is 0.333. The van der Waals surface area contributed by atoms with Crippen molar-refractivity contribution in [1.29, 1.82) is 0 Å². The Morgan fingerprint density at radius 1 is 0.794 bits per heavy atom. The summed E-state index contributed by atoms with van der Waals surface area (Å²) >= 11 is 0. The van der Waals surface area contributed by atoms with Crippen LogP contribution in [0.5, 0.6) is 5.75 Å². The number of nitrogens with zero attached hydrogens (tertiary/aromatic N) is 1. The molecule has 0 aliphatic carbocycles. The van der Waals surface area contributed by atoms with Crippen molar-refractivity contribution in [3.63, 3.8) is 0 Å². The third-order valence-electron chi connectivity index (χ3n) is 6.94. The first kappa shape index (κ1) is 24.5. The van der Waals surface area contributed by atoms with Gasteiger partial charge in [-0.25, -0.2) is 0 Å². The van der Waals surface area contributed by atoms with Crippen molar-refractivity contribution in [1.82, 2.24) is 4.90 Å². The van der Waals surface area contributed by atoms with Crippen molar-refractivity contribution in [2.75, 3.05) is 25.9 Å². The second-order valence-electron chi connectivity index (χ2n) is 10.0. The summed E-state index contributed by atoms with van der Waals surface area (Å²) < 4.78 is 0. The number of phenols is 1. The molecule has 0 bridgehead atoms. The van der Waals surface area contributed by atoms with Crippen LogP contribution in [0.1, 0.15) is 42.4 Å². The predicted molar refractivity (Wildman–Crippen MR) is 146 cm³/mol. The Morgan fingerprint density at radius 2 is 1.38 bits per heavy atom. The van der Waals surface area contributed by atoms with E-state index in [1.54, 1.807) is 12.1 Å². The number of allylic oxidation sites excluding steroid dienone is 1. The Kier molecular flexibility index (Phi) is 8.04. The molecule has 0 unspecified atom stereocenters. The molecule has 1 saturated heterocycles. The molecule has 1 aliphatic rings. The molecule has 1 aliphatic heterocycles. The average Bonchev–Trinajstić information content (AvgIpc) is 3.36. The van der Waals surface area contributed by atoms with E-state index in [9.17, 15) is 10.2 Å². The molecule has 0 saturated carbocycles. The highest BCUT2D eigenvalue weighted by Crippen LogP contribution is 2.35. The van der Waals surface area contributed by atoms with Gasteiger partial charge in [0.05, 0.1) is 8.07 Å². The lowest BCUT2D eigenvalue weighted by atomic mass is 9.87. The maximum atomic E-state index is 9.90.